The third-order valence-corrected chi connectivity index (χ3v) is 3.95. The normalized spacial score (nSPS) is 13.0. The van der Waals surface area contributed by atoms with Crippen LogP contribution in [0.1, 0.15) is 26.6 Å². The molecule has 0 saturated heterocycles. The van der Waals surface area contributed by atoms with E-state index in [0.29, 0.717) is 0 Å². The lowest BCUT2D eigenvalue weighted by Gasteiger charge is -2.17. The number of nitrogens with zero attached hydrogens (tertiary/aromatic N) is 2. The first-order valence-corrected chi connectivity index (χ1v) is 8.07. The number of amides is 1. The molecule has 0 fully saturated rings. The van der Waals surface area contributed by atoms with Gasteiger partial charge >= 0.3 is 12.1 Å². The van der Waals surface area contributed by atoms with E-state index in [1.807, 2.05) is 13.8 Å². The number of carbonyl (C=O) groups excluding carboxylic acids is 2. The number of alkyl halides is 3. The van der Waals surface area contributed by atoms with Gasteiger partial charge in [0.25, 0.3) is 5.91 Å². The molecule has 1 atom stereocenters. The molecular weight excluding hydrogens is 351 g/mol. The highest BCUT2D eigenvalue weighted by Crippen LogP contribution is 2.31. The predicted octanol–water partition coefficient (Wildman–Crippen LogP) is 2.76. The second kappa shape index (κ2) is 7.76. The van der Waals surface area contributed by atoms with Crippen LogP contribution >= 0.6 is 0 Å². The van der Waals surface area contributed by atoms with Crippen molar-refractivity contribution in [3.63, 3.8) is 0 Å². The number of rotatable bonds is 6. The van der Waals surface area contributed by atoms with Crippen LogP contribution in [0.2, 0.25) is 0 Å². The van der Waals surface area contributed by atoms with Gasteiger partial charge in [0.15, 0.2) is 6.61 Å². The third kappa shape index (κ3) is 4.74. The van der Waals surface area contributed by atoms with Gasteiger partial charge in [0.2, 0.25) is 5.82 Å². The summed E-state index contributed by atoms with van der Waals surface area (Å²) in [6.07, 6.45) is -4.72. The second-order valence-electron chi connectivity index (χ2n) is 6.27. The Morgan fingerprint density at radius 3 is 2.50 bits per heavy atom. The minimum atomic E-state index is -4.72. The van der Waals surface area contributed by atoms with Crippen LogP contribution in [-0.4, -0.2) is 34.1 Å². The number of hydrogen-bond donors (Lipinski definition) is 1. The van der Waals surface area contributed by atoms with E-state index in [-0.39, 0.29) is 23.0 Å². The maximum absolute atomic E-state index is 13.2. The smallest absolute Gasteiger partial charge is 0.449 e. The van der Waals surface area contributed by atoms with Gasteiger partial charge in [0.05, 0.1) is 11.0 Å². The monoisotopic (exact) mass is 371 g/mol. The van der Waals surface area contributed by atoms with Crippen molar-refractivity contribution < 1.29 is 27.5 Å². The molecule has 26 heavy (non-hydrogen) atoms. The van der Waals surface area contributed by atoms with Crippen LogP contribution in [0.3, 0.4) is 0 Å². The average Bonchev–Trinajstić information content (AvgIpc) is 2.92. The second-order valence-corrected chi connectivity index (χ2v) is 6.27. The molecular formula is C17H20F3N3O3. The van der Waals surface area contributed by atoms with E-state index in [4.69, 9.17) is 4.74 Å². The SMILES string of the molecule is CC(C)C(C)NC(=O)COC(=O)Cn1c(C(F)(F)F)nc2ccccc21. The fraction of sp³-hybridized carbons (Fsp3) is 0.471. The summed E-state index contributed by atoms with van der Waals surface area (Å²) in [6.45, 7) is 4.39. The quantitative estimate of drug-likeness (QED) is 0.793. The number of para-hydroxylation sites is 2. The number of nitrogens with one attached hydrogen (secondary N) is 1. The number of carbonyl (C=O) groups is 2. The number of esters is 1. The largest absolute Gasteiger partial charge is 0.454 e. The lowest BCUT2D eigenvalue weighted by Crippen LogP contribution is -2.39. The zero-order chi connectivity index (χ0) is 19.5. The molecule has 6 nitrogen and oxygen atoms in total. The number of fused-ring (bicyclic) bond motifs is 1. The van der Waals surface area contributed by atoms with Gasteiger partial charge in [-0.2, -0.15) is 13.2 Å². The summed E-state index contributed by atoms with van der Waals surface area (Å²) in [5.74, 6) is -2.45. The van der Waals surface area contributed by atoms with E-state index in [9.17, 15) is 22.8 Å². The molecule has 1 aromatic carbocycles. The molecule has 1 aromatic heterocycles. The minimum Gasteiger partial charge on any atom is -0.454 e. The van der Waals surface area contributed by atoms with E-state index < -0.39 is 37.0 Å². The molecule has 0 aliphatic heterocycles. The Morgan fingerprint density at radius 1 is 1.23 bits per heavy atom. The zero-order valence-electron chi connectivity index (χ0n) is 14.6. The molecule has 0 spiro atoms. The Morgan fingerprint density at radius 2 is 1.88 bits per heavy atom. The molecule has 0 radical (unpaired) electrons. The first-order chi connectivity index (χ1) is 12.1. The van der Waals surface area contributed by atoms with Crippen LogP contribution < -0.4 is 5.32 Å². The maximum Gasteiger partial charge on any atom is 0.449 e. The highest BCUT2D eigenvalue weighted by atomic mass is 19.4. The highest BCUT2D eigenvalue weighted by Gasteiger charge is 2.38. The van der Waals surface area contributed by atoms with Crippen molar-refractivity contribution >= 4 is 22.9 Å². The molecule has 0 saturated carbocycles. The Bertz CT molecular complexity index is 799. The summed E-state index contributed by atoms with van der Waals surface area (Å²) in [6, 6.07) is 5.84. The van der Waals surface area contributed by atoms with E-state index in [2.05, 4.69) is 10.3 Å². The van der Waals surface area contributed by atoms with Crippen molar-refractivity contribution in [3.8, 4) is 0 Å². The summed E-state index contributed by atoms with van der Waals surface area (Å²) < 4.78 is 45.1. The van der Waals surface area contributed by atoms with Gasteiger partial charge in [-0.05, 0) is 25.0 Å². The lowest BCUT2D eigenvalue weighted by atomic mass is 10.1. The summed E-state index contributed by atoms with van der Waals surface area (Å²) in [4.78, 5) is 27.2. The first-order valence-electron chi connectivity index (χ1n) is 8.07. The van der Waals surface area contributed by atoms with Gasteiger partial charge in [-0.15, -0.1) is 0 Å². The van der Waals surface area contributed by atoms with E-state index in [0.717, 1.165) is 4.57 Å². The summed E-state index contributed by atoms with van der Waals surface area (Å²) in [7, 11) is 0. The van der Waals surface area contributed by atoms with Crippen LogP contribution in [0.15, 0.2) is 24.3 Å². The van der Waals surface area contributed by atoms with Gasteiger partial charge < -0.3 is 14.6 Å². The molecule has 142 valence electrons. The number of imidazole rings is 1. The van der Waals surface area contributed by atoms with Crippen LogP contribution in [0.5, 0.6) is 0 Å². The van der Waals surface area contributed by atoms with Crippen molar-refractivity contribution in [2.24, 2.45) is 5.92 Å². The summed E-state index contributed by atoms with van der Waals surface area (Å²) >= 11 is 0. The Hall–Kier alpha value is -2.58. The Kier molecular flexibility index (Phi) is 5.89. The molecule has 1 N–H and O–H groups in total. The third-order valence-electron chi connectivity index (χ3n) is 3.95. The molecule has 1 heterocycles. The van der Waals surface area contributed by atoms with Crippen molar-refractivity contribution in [1.82, 2.24) is 14.9 Å². The molecule has 2 rings (SSSR count). The van der Waals surface area contributed by atoms with Gasteiger partial charge in [-0.25, -0.2) is 4.98 Å². The highest BCUT2D eigenvalue weighted by molar-refractivity contribution is 5.82. The van der Waals surface area contributed by atoms with E-state index in [1.165, 1.54) is 12.1 Å². The average molecular weight is 371 g/mol. The Balaban J connectivity index is 2.08. The molecule has 0 bridgehead atoms. The zero-order valence-corrected chi connectivity index (χ0v) is 14.6. The van der Waals surface area contributed by atoms with Crippen LogP contribution in [0.25, 0.3) is 11.0 Å². The Labute approximate surface area is 148 Å². The molecule has 1 unspecified atom stereocenters. The van der Waals surface area contributed by atoms with Crippen molar-refractivity contribution in [3.05, 3.63) is 30.1 Å². The molecule has 9 heteroatoms. The number of benzene rings is 1. The van der Waals surface area contributed by atoms with Crippen molar-refractivity contribution in [2.75, 3.05) is 6.61 Å². The molecule has 0 aliphatic carbocycles. The topological polar surface area (TPSA) is 73.2 Å². The molecule has 0 aliphatic rings. The first kappa shape index (κ1) is 19.7. The fourth-order valence-electron chi connectivity index (χ4n) is 2.24. The van der Waals surface area contributed by atoms with Gasteiger partial charge in [0.1, 0.15) is 6.54 Å². The van der Waals surface area contributed by atoms with Gasteiger partial charge in [0, 0.05) is 6.04 Å². The lowest BCUT2D eigenvalue weighted by molar-refractivity contribution is -0.153. The van der Waals surface area contributed by atoms with Crippen molar-refractivity contribution in [2.45, 2.75) is 39.5 Å². The van der Waals surface area contributed by atoms with Crippen LogP contribution in [0, 0.1) is 5.92 Å². The van der Waals surface area contributed by atoms with Gasteiger partial charge in [-0.1, -0.05) is 26.0 Å². The van der Waals surface area contributed by atoms with E-state index >= 15 is 0 Å². The minimum absolute atomic E-state index is 0.115. The molecule has 2 aromatic rings. The number of ether oxygens (including phenoxy) is 1. The number of aromatic nitrogens is 2. The standard InChI is InChI=1S/C17H20F3N3O3/c1-10(2)11(3)21-14(24)9-26-15(25)8-23-13-7-5-4-6-12(13)22-16(23)17(18,19)20/h4-7,10-11H,8-9H2,1-3H3,(H,21,24). The molecule has 1 amide bonds. The van der Waals surface area contributed by atoms with Crippen LogP contribution in [-0.2, 0) is 27.0 Å². The maximum atomic E-state index is 13.2. The summed E-state index contributed by atoms with van der Waals surface area (Å²) in [5, 5.41) is 2.64. The van der Waals surface area contributed by atoms with E-state index in [1.54, 1.807) is 19.1 Å². The predicted molar refractivity (Wildman–Crippen MR) is 88.1 cm³/mol. The number of hydrogen-bond acceptors (Lipinski definition) is 4. The number of halogens is 3. The fourth-order valence-corrected chi connectivity index (χ4v) is 2.24. The van der Waals surface area contributed by atoms with Crippen molar-refractivity contribution in [1.29, 1.82) is 0 Å². The van der Waals surface area contributed by atoms with Gasteiger partial charge in [-0.3, -0.25) is 9.59 Å². The summed E-state index contributed by atoms with van der Waals surface area (Å²) in [5.41, 5.74) is 0.283. The van der Waals surface area contributed by atoms with Crippen LogP contribution in [0.4, 0.5) is 13.2 Å².